The van der Waals surface area contributed by atoms with Crippen LogP contribution in [0.15, 0.2) is 0 Å². The van der Waals surface area contributed by atoms with Gasteiger partial charge in [-0.15, -0.1) is 0 Å². The topological polar surface area (TPSA) is 87.0 Å². The van der Waals surface area contributed by atoms with Crippen LogP contribution in [-0.4, -0.2) is 47.7 Å². The average Bonchev–Trinajstić information content (AvgIpc) is 2.44. The van der Waals surface area contributed by atoms with Crippen LogP contribution < -0.4 is 0 Å². The normalized spacial score (nSPS) is 13.3. The summed E-state index contributed by atoms with van der Waals surface area (Å²) in [4.78, 5) is 12.1. The average molecular weight is 276 g/mol. The van der Waals surface area contributed by atoms with E-state index in [1.54, 1.807) is 0 Å². The molecule has 3 N–H and O–H groups in total. The summed E-state index contributed by atoms with van der Waals surface area (Å²) in [6.45, 7) is 2.93. The van der Waals surface area contributed by atoms with Crippen LogP contribution in [-0.2, 0) is 9.53 Å². The third kappa shape index (κ3) is 5.09. The van der Waals surface area contributed by atoms with Crippen molar-refractivity contribution in [1.29, 1.82) is 0 Å². The fourth-order valence-corrected chi connectivity index (χ4v) is 2.13. The molecule has 114 valence electrons. The van der Waals surface area contributed by atoms with Gasteiger partial charge in [-0.05, 0) is 12.8 Å². The Morgan fingerprint density at radius 2 is 1.74 bits per heavy atom. The van der Waals surface area contributed by atoms with Crippen molar-refractivity contribution in [2.45, 2.75) is 46.0 Å². The number of ether oxygens (including phenoxy) is 1. The number of carbonyl (C=O) groups is 1. The number of hydrogen-bond donors (Lipinski definition) is 3. The second-order valence-corrected chi connectivity index (χ2v) is 4.98. The third-order valence-electron chi connectivity index (χ3n) is 3.57. The van der Waals surface area contributed by atoms with Gasteiger partial charge in [0.15, 0.2) is 0 Å². The van der Waals surface area contributed by atoms with Gasteiger partial charge in [-0.25, -0.2) is 0 Å². The smallest absolute Gasteiger partial charge is 0.317 e. The van der Waals surface area contributed by atoms with Gasteiger partial charge >= 0.3 is 5.97 Å². The lowest BCUT2D eigenvalue weighted by atomic mass is 9.74. The van der Waals surface area contributed by atoms with Crippen LogP contribution in [0.4, 0.5) is 0 Å². The molecular weight excluding hydrogens is 248 g/mol. The number of unbranched alkanes of at least 4 members (excludes halogenated alkanes) is 2. The summed E-state index contributed by atoms with van der Waals surface area (Å²) >= 11 is 0. The maximum absolute atomic E-state index is 12.1. The van der Waals surface area contributed by atoms with Crippen LogP contribution in [0.5, 0.6) is 0 Å². The van der Waals surface area contributed by atoms with Gasteiger partial charge in [-0.3, -0.25) is 4.79 Å². The quantitative estimate of drug-likeness (QED) is 0.388. The lowest BCUT2D eigenvalue weighted by molar-refractivity contribution is -0.169. The summed E-state index contributed by atoms with van der Waals surface area (Å²) in [5.41, 5.74) is -1.39. The van der Waals surface area contributed by atoms with Crippen LogP contribution in [0.3, 0.4) is 0 Å². The van der Waals surface area contributed by atoms with E-state index in [0.29, 0.717) is 12.8 Å². The van der Waals surface area contributed by atoms with Crippen molar-refractivity contribution in [2.24, 2.45) is 11.3 Å². The maximum atomic E-state index is 12.1. The number of aliphatic hydroxyl groups excluding tert-OH is 3. The SMILES string of the molecule is CCCCCC(CO)C(CO)(CO)C(=O)OCCC. The molecule has 0 radical (unpaired) electrons. The van der Waals surface area contributed by atoms with Gasteiger partial charge in [0.1, 0.15) is 5.41 Å². The fourth-order valence-electron chi connectivity index (χ4n) is 2.13. The molecular formula is C14H28O5. The molecule has 1 atom stereocenters. The van der Waals surface area contributed by atoms with Crippen molar-refractivity contribution < 1.29 is 24.9 Å². The van der Waals surface area contributed by atoms with Gasteiger partial charge in [0, 0.05) is 12.5 Å². The van der Waals surface area contributed by atoms with E-state index < -0.39 is 30.5 Å². The van der Waals surface area contributed by atoms with E-state index in [2.05, 4.69) is 6.92 Å². The molecule has 0 saturated heterocycles. The number of hydrogen-bond acceptors (Lipinski definition) is 5. The lowest BCUT2D eigenvalue weighted by Gasteiger charge is -2.34. The fraction of sp³-hybridized carbons (Fsp3) is 0.929. The van der Waals surface area contributed by atoms with Crippen molar-refractivity contribution in [2.75, 3.05) is 26.4 Å². The van der Waals surface area contributed by atoms with Crippen molar-refractivity contribution in [1.82, 2.24) is 0 Å². The Labute approximate surface area is 115 Å². The van der Waals surface area contributed by atoms with Crippen molar-refractivity contribution in [3.05, 3.63) is 0 Å². The molecule has 0 fully saturated rings. The summed E-state index contributed by atoms with van der Waals surface area (Å²) in [6.07, 6.45) is 4.15. The van der Waals surface area contributed by atoms with Gasteiger partial charge in [0.25, 0.3) is 0 Å². The number of aliphatic hydroxyl groups is 3. The molecule has 0 bridgehead atoms. The Morgan fingerprint density at radius 3 is 2.16 bits per heavy atom. The van der Waals surface area contributed by atoms with Gasteiger partial charge in [-0.2, -0.15) is 0 Å². The molecule has 0 saturated carbocycles. The van der Waals surface area contributed by atoms with Gasteiger partial charge in [0.2, 0.25) is 0 Å². The highest BCUT2D eigenvalue weighted by atomic mass is 16.5. The first-order valence-corrected chi connectivity index (χ1v) is 7.12. The van der Waals surface area contributed by atoms with Gasteiger partial charge < -0.3 is 20.1 Å². The predicted molar refractivity (Wildman–Crippen MR) is 72.6 cm³/mol. The molecule has 0 aliphatic rings. The first-order chi connectivity index (χ1) is 9.12. The third-order valence-corrected chi connectivity index (χ3v) is 3.57. The largest absolute Gasteiger partial charge is 0.465 e. The van der Waals surface area contributed by atoms with Crippen molar-refractivity contribution in [3.8, 4) is 0 Å². The minimum Gasteiger partial charge on any atom is -0.465 e. The molecule has 5 heteroatoms. The first kappa shape index (κ1) is 18.4. The van der Waals surface area contributed by atoms with E-state index in [1.165, 1.54) is 0 Å². The molecule has 0 aliphatic heterocycles. The summed E-state index contributed by atoms with van der Waals surface area (Å²) < 4.78 is 5.06. The summed E-state index contributed by atoms with van der Waals surface area (Å²) in [5, 5.41) is 28.5. The van der Waals surface area contributed by atoms with Crippen LogP contribution in [0.25, 0.3) is 0 Å². The number of esters is 1. The van der Waals surface area contributed by atoms with Crippen LogP contribution >= 0.6 is 0 Å². The molecule has 0 spiro atoms. The second kappa shape index (κ2) is 10.2. The van der Waals surface area contributed by atoms with Gasteiger partial charge in [0.05, 0.1) is 19.8 Å². The molecule has 0 rings (SSSR count). The zero-order valence-electron chi connectivity index (χ0n) is 12.1. The van der Waals surface area contributed by atoms with Crippen molar-refractivity contribution in [3.63, 3.8) is 0 Å². The molecule has 1 unspecified atom stereocenters. The minimum absolute atomic E-state index is 0.244. The summed E-state index contributed by atoms with van der Waals surface area (Å²) in [5.74, 6) is -1.09. The maximum Gasteiger partial charge on any atom is 0.317 e. The molecule has 5 nitrogen and oxygen atoms in total. The van der Waals surface area contributed by atoms with E-state index in [4.69, 9.17) is 4.74 Å². The van der Waals surface area contributed by atoms with E-state index in [-0.39, 0.29) is 13.2 Å². The molecule has 0 aromatic carbocycles. The van der Waals surface area contributed by atoms with Crippen LogP contribution in [0.2, 0.25) is 0 Å². The van der Waals surface area contributed by atoms with Crippen molar-refractivity contribution >= 4 is 5.97 Å². The second-order valence-electron chi connectivity index (χ2n) is 4.98. The molecule has 0 heterocycles. The molecule has 0 aliphatic carbocycles. The molecule has 0 amide bonds. The molecule has 0 aromatic heterocycles. The zero-order valence-corrected chi connectivity index (χ0v) is 12.1. The Bertz CT molecular complexity index is 238. The molecule has 19 heavy (non-hydrogen) atoms. The van der Waals surface area contributed by atoms with E-state index >= 15 is 0 Å². The number of rotatable bonds is 11. The number of carbonyl (C=O) groups excluding carboxylic acids is 1. The Kier molecular flexibility index (Phi) is 9.83. The lowest BCUT2D eigenvalue weighted by Crippen LogP contribution is -2.48. The van der Waals surface area contributed by atoms with E-state index in [1.807, 2.05) is 6.92 Å². The standard InChI is InChI=1S/C14H28O5/c1-3-5-6-7-12(9-15)14(10-16,11-17)13(18)19-8-4-2/h12,15-17H,3-11H2,1-2H3. The monoisotopic (exact) mass is 276 g/mol. The van der Waals surface area contributed by atoms with E-state index in [0.717, 1.165) is 19.3 Å². The zero-order chi connectivity index (χ0) is 14.7. The highest BCUT2D eigenvalue weighted by molar-refractivity contribution is 5.77. The highest BCUT2D eigenvalue weighted by Crippen LogP contribution is 2.32. The summed E-state index contributed by atoms with van der Waals surface area (Å²) in [6, 6.07) is 0. The van der Waals surface area contributed by atoms with Crippen LogP contribution in [0, 0.1) is 11.3 Å². The van der Waals surface area contributed by atoms with Gasteiger partial charge in [-0.1, -0.05) is 33.1 Å². The minimum atomic E-state index is -1.39. The Hall–Kier alpha value is -0.650. The highest BCUT2D eigenvalue weighted by Gasteiger charge is 2.45. The predicted octanol–water partition coefficient (Wildman–Crippen LogP) is 1.10. The molecule has 0 aromatic rings. The Morgan fingerprint density at radius 1 is 1.11 bits per heavy atom. The Balaban J connectivity index is 4.83. The summed E-state index contributed by atoms with van der Waals surface area (Å²) in [7, 11) is 0. The first-order valence-electron chi connectivity index (χ1n) is 7.12. The van der Waals surface area contributed by atoms with Crippen LogP contribution in [0.1, 0.15) is 46.0 Å². The van der Waals surface area contributed by atoms with E-state index in [9.17, 15) is 20.1 Å².